The number of amides is 2. The Morgan fingerprint density at radius 2 is 2.08 bits per heavy atom. The Morgan fingerprint density at radius 3 is 2.62 bits per heavy atom. The highest BCUT2D eigenvalue weighted by atomic mass is 32.1. The minimum atomic E-state index is -1.34. The van der Waals surface area contributed by atoms with Crippen LogP contribution in [0.1, 0.15) is 50.4 Å². The minimum absolute atomic E-state index is 0.0183. The summed E-state index contributed by atoms with van der Waals surface area (Å²) in [5.74, 6) is -0.455. The van der Waals surface area contributed by atoms with Crippen LogP contribution in [0.15, 0.2) is 16.8 Å². The molecule has 1 aromatic rings. The predicted octanol–water partition coefficient (Wildman–Crippen LogP) is 2.82. The first-order valence-electron chi connectivity index (χ1n) is 8.00. The van der Waals surface area contributed by atoms with Gasteiger partial charge in [-0.15, -0.1) is 0 Å². The summed E-state index contributed by atoms with van der Waals surface area (Å²) in [6.45, 7) is 5.98. The van der Waals surface area contributed by atoms with Crippen LogP contribution < -0.4 is 5.73 Å². The molecule has 7 heteroatoms. The van der Waals surface area contributed by atoms with Crippen LogP contribution in [-0.2, 0) is 9.53 Å². The molecule has 1 fully saturated rings. The average molecular weight is 352 g/mol. The molecule has 6 nitrogen and oxygen atoms in total. The van der Waals surface area contributed by atoms with E-state index in [1.807, 2.05) is 26.2 Å². The number of hydrogen-bond acceptors (Lipinski definition) is 5. The molecule has 1 aliphatic rings. The second-order valence-electron chi connectivity index (χ2n) is 7.12. The summed E-state index contributed by atoms with van der Waals surface area (Å²) in [5, 5.41) is 3.59. The fourth-order valence-corrected chi connectivity index (χ4v) is 3.75. The number of thiophene rings is 1. The summed E-state index contributed by atoms with van der Waals surface area (Å²) in [6.07, 6.45) is 0.910. The molecule has 0 radical (unpaired) electrons. The molecule has 1 saturated heterocycles. The Morgan fingerprint density at radius 1 is 1.38 bits per heavy atom. The number of rotatable bonds is 4. The molecule has 1 aliphatic heterocycles. The third kappa shape index (κ3) is 3.61. The zero-order valence-corrected chi connectivity index (χ0v) is 15.1. The van der Waals surface area contributed by atoms with Crippen molar-refractivity contribution in [1.29, 1.82) is 0 Å². The van der Waals surface area contributed by atoms with Gasteiger partial charge in [0.1, 0.15) is 0 Å². The Balaban J connectivity index is 2.31. The second kappa shape index (κ2) is 6.93. The van der Waals surface area contributed by atoms with Crippen molar-refractivity contribution in [2.45, 2.75) is 45.6 Å². The number of ether oxygens (including phenoxy) is 1. The highest BCUT2D eigenvalue weighted by Crippen LogP contribution is 2.41. The molecule has 2 N–H and O–H groups in total. The van der Waals surface area contributed by atoms with Crippen LogP contribution in [0, 0.1) is 5.41 Å². The van der Waals surface area contributed by atoms with Gasteiger partial charge < -0.3 is 15.4 Å². The normalized spacial score (nSPS) is 22.1. The average Bonchev–Trinajstić information content (AvgIpc) is 2.96. The number of ketones is 1. The van der Waals surface area contributed by atoms with Gasteiger partial charge in [0.25, 0.3) is 5.91 Å². The van der Waals surface area contributed by atoms with Gasteiger partial charge in [-0.25, -0.2) is 4.79 Å². The molecule has 24 heavy (non-hydrogen) atoms. The van der Waals surface area contributed by atoms with E-state index >= 15 is 0 Å². The van der Waals surface area contributed by atoms with Gasteiger partial charge in [0.2, 0.25) is 0 Å². The summed E-state index contributed by atoms with van der Waals surface area (Å²) in [4.78, 5) is 38.6. The third-order valence-corrected chi connectivity index (χ3v) is 5.19. The Kier molecular flexibility index (Phi) is 5.32. The van der Waals surface area contributed by atoms with E-state index in [1.165, 1.54) is 16.2 Å². The van der Waals surface area contributed by atoms with Crippen molar-refractivity contribution in [2.24, 2.45) is 11.1 Å². The first-order chi connectivity index (χ1) is 11.2. The monoisotopic (exact) mass is 352 g/mol. The Labute approximate surface area is 146 Å². The van der Waals surface area contributed by atoms with E-state index in [4.69, 9.17) is 10.5 Å². The number of nitrogens with two attached hydrogens (primary N) is 1. The molecule has 0 saturated carbocycles. The number of carbonyl (C=O) groups is 3. The summed E-state index contributed by atoms with van der Waals surface area (Å²) in [5.41, 5.74) is 3.86. The van der Waals surface area contributed by atoms with E-state index in [0.29, 0.717) is 18.5 Å². The fraction of sp³-hybridized carbons (Fsp3) is 0.588. The van der Waals surface area contributed by atoms with Gasteiger partial charge >= 0.3 is 6.09 Å². The van der Waals surface area contributed by atoms with Crippen LogP contribution in [0.4, 0.5) is 4.79 Å². The van der Waals surface area contributed by atoms with Crippen LogP contribution in [0.5, 0.6) is 0 Å². The van der Waals surface area contributed by atoms with Crippen molar-refractivity contribution in [2.75, 3.05) is 13.1 Å². The number of Topliss-reactive ketones (excluding diaryl/α,β-unsaturated/α-hetero) is 1. The molecule has 0 bridgehead atoms. The highest BCUT2D eigenvalue weighted by molar-refractivity contribution is 7.08. The minimum Gasteiger partial charge on any atom is -0.432 e. The number of hydrogen-bond donors (Lipinski definition) is 1. The first-order valence-corrected chi connectivity index (χ1v) is 8.95. The lowest BCUT2D eigenvalue weighted by atomic mass is 9.73. The van der Waals surface area contributed by atoms with Gasteiger partial charge in [0, 0.05) is 22.9 Å². The van der Waals surface area contributed by atoms with Gasteiger partial charge in [0.05, 0.1) is 6.54 Å². The van der Waals surface area contributed by atoms with Gasteiger partial charge in [-0.3, -0.25) is 9.59 Å². The second-order valence-corrected chi connectivity index (χ2v) is 7.90. The van der Waals surface area contributed by atoms with Gasteiger partial charge in [-0.2, -0.15) is 11.3 Å². The van der Waals surface area contributed by atoms with Crippen LogP contribution in [0.25, 0.3) is 0 Å². The molecule has 0 aromatic carbocycles. The maximum Gasteiger partial charge on any atom is 0.405 e. The highest BCUT2D eigenvalue weighted by Gasteiger charge is 2.54. The van der Waals surface area contributed by atoms with Crippen molar-refractivity contribution in [1.82, 2.24) is 4.90 Å². The number of primary amides is 1. The SMILES string of the molecule is CC(C)(C)[C@@]1(OC(N)=O)CCCCN(CC(=O)c2ccsc2)C1=O. The van der Waals surface area contributed by atoms with Crippen LogP contribution in [0.3, 0.4) is 0 Å². The zero-order valence-electron chi connectivity index (χ0n) is 14.3. The molecule has 1 atom stereocenters. The lowest BCUT2D eigenvalue weighted by Crippen LogP contribution is -2.59. The van der Waals surface area contributed by atoms with Crippen molar-refractivity contribution in [3.05, 3.63) is 22.4 Å². The van der Waals surface area contributed by atoms with E-state index in [1.54, 1.807) is 11.4 Å². The van der Waals surface area contributed by atoms with Crippen LogP contribution >= 0.6 is 11.3 Å². The van der Waals surface area contributed by atoms with Crippen molar-refractivity contribution >= 4 is 29.1 Å². The van der Waals surface area contributed by atoms with Gasteiger partial charge in [-0.05, 0) is 30.7 Å². The molecular formula is C17H24N2O4S. The summed E-state index contributed by atoms with van der Waals surface area (Å²) in [7, 11) is 0. The lowest BCUT2D eigenvalue weighted by molar-refractivity contribution is -0.162. The molecule has 0 spiro atoms. The maximum atomic E-state index is 13.2. The Hall–Kier alpha value is -1.89. The standard InChI is InChI=1S/C17H24N2O4S/c1-16(2,3)17(23-15(18)22)7-4-5-8-19(14(17)21)10-13(20)12-6-9-24-11-12/h6,9,11H,4-5,7-8,10H2,1-3H3,(H2,18,22)/t17-/m1/s1. The molecular weight excluding hydrogens is 328 g/mol. The lowest BCUT2D eigenvalue weighted by Gasteiger charge is -2.43. The molecule has 0 aliphatic carbocycles. The smallest absolute Gasteiger partial charge is 0.405 e. The third-order valence-electron chi connectivity index (χ3n) is 4.50. The number of likely N-dealkylation sites (tertiary alicyclic amines) is 1. The number of nitrogens with zero attached hydrogens (tertiary/aromatic N) is 1. The van der Waals surface area contributed by atoms with Crippen molar-refractivity contribution in [3.63, 3.8) is 0 Å². The molecule has 132 valence electrons. The zero-order chi connectivity index (χ0) is 18.0. The largest absolute Gasteiger partial charge is 0.432 e. The Bertz CT molecular complexity index is 621. The van der Waals surface area contributed by atoms with Gasteiger partial charge in [0.15, 0.2) is 11.4 Å². The molecule has 1 aromatic heterocycles. The molecule has 2 heterocycles. The van der Waals surface area contributed by atoms with Crippen molar-refractivity contribution < 1.29 is 19.1 Å². The van der Waals surface area contributed by atoms with E-state index in [-0.39, 0.29) is 18.2 Å². The van der Waals surface area contributed by atoms with Crippen LogP contribution in [-0.4, -0.2) is 41.4 Å². The van der Waals surface area contributed by atoms with E-state index < -0.39 is 17.1 Å². The summed E-state index contributed by atoms with van der Waals surface area (Å²) < 4.78 is 5.38. The topological polar surface area (TPSA) is 89.7 Å². The first kappa shape index (κ1) is 18.4. The number of carbonyl (C=O) groups excluding carboxylic acids is 3. The van der Waals surface area contributed by atoms with Crippen molar-refractivity contribution in [3.8, 4) is 0 Å². The molecule has 2 rings (SSSR count). The molecule has 2 amide bonds. The van der Waals surface area contributed by atoms with E-state index in [2.05, 4.69) is 0 Å². The van der Waals surface area contributed by atoms with Crippen LogP contribution in [0.2, 0.25) is 0 Å². The summed E-state index contributed by atoms with van der Waals surface area (Å²) in [6, 6.07) is 1.74. The predicted molar refractivity (Wildman–Crippen MR) is 91.9 cm³/mol. The quantitative estimate of drug-likeness (QED) is 0.844. The van der Waals surface area contributed by atoms with E-state index in [0.717, 1.165) is 12.8 Å². The molecule has 0 unspecified atom stereocenters. The fourth-order valence-electron chi connectivity index (χ4n) is 3.09. The summed E-state index contributed by atoms with van der Waals surface area (Å²) >= 11 is 1.44. The maximum absolute atomic E-state index is 13.2. The van der Waals surface area contributed by atoms with E-state index in [9.17, 15) is 14.4 Å². The van der Waals surface area contributed by atoms with Gasteiger partial charge in [-0.1, -0.05) is 20.8 Å².